The summed E-state index contributed by atoms with van der Waals surface area (Å²) < 4.78 is 52.6. The van der Waals surface area contributed by atoms with Gasteiger partial charge in [0.05, 0.1) is 11.6 Å². The third-order valence-electron chi connectivity index (χ3n) is 4.63. The van der Waals surface area contributed by atoms with Gasteiger partial charge in [-0.25, -0.2) is 4.39 Å². The van der Waals surface area contributed by atoms with Crippen molar-refractivity contribution in [1.29, 1.82) is 0 Å². The fourth-order valence-corrected chi connectivity index (χ4v) is 3.33. The molecule has 1 saturated carbocycles. The molecule has 3 atom stereocenters. The van der Waals surface area contributed by atoms with Gasteiger partial charge in [-0.3, -0.25) is 4.79 Å². The molecule has 2 aliphatic rings. The van der Waals surface area contributed by atoms with Crippen molar-refractivity contribution in [1.82, 2.24) is 5.32 Å². The second-order valence-electron chi connectivity index (χ2n) is 6.39. The molecule has 1 N–H and O–H groups in total. The molecule has 1 heterocycles. The summed E-state index contributed by atoms with van der Waals surface area (Å²) in [5.74, 6) is -2.59. The first-order valence-electron chi connectivity index (χ1n) is 8.20. The van der Waals surface area contributed by atoms with Gasteiger partial charge in [0.1, 0.15) is 5.82 Å². The van der Waals surface area contributed by atoms with Crippen LogP contribution in [0.2, 0.25) is 0 Å². The monoisotopic (exact) mass is 358 g/mol. The molecule has 25 heavy (non-hydrogen) atoms. The van der Waals surface area contributed by atoms with Crippen LogP contribution in [0, 0.1) is 11.7 Å². The van der Waals surface area contributed by atoms with Crippen molar-refractivity contribution in [3.63, 3.8) is 0 Å². The number of halogens is 4. The van der Waals surface area contributed by atoms with Crippen LogP contribution in [0.4, 0.5) is 17.6 Å². The fraction of sp³-hybridized carbons (Fsp3) is 0.529. The summed E-state index contributed by atoms with van der Waals surface area (Å²) in [6.45, 7) is 0. The quantitative estimate of drug-likeness (QED) is 0.840. The van der Waals surface area contributed by atoms with Crippen molar-refractivity contribution in [2.24, 2.45) is 11.1 Å². The van der Waals surface area contributed by atoms with Crippen LogP contribution >= 0.6 is 0 Å². The van der Waals surface area contributed by atoms with Crippen molar-refractivity contribution >= 4 is 11.6 Å². The zero-order valence-corrected chi connectivity index (χ0v) is 13.4. The number of carbonyl (C=O) groups is 1. The molecule has 1 amide bonds. The summed E-state index contributed by atoms with van der Waals surface area (Å²) in [6, 6.07) is 4.75. The SMILES string of the molecule is O=C(N[C@@H]1CCCC[C@@H]1C(F)(F)F)[C@H]1CC(c2cccc(F)c2)=NO1. The van der Waals surface area contributed by atoms with E-state index in [9.17, 15) is 22.4 Å². The maximum atomic E-state index is 13.3. The van der Waals surface area contributed by atoms with E-state index < -0.39 is 36.0 Å². The van der Waals surface area contributed by atoms with Crippen LogP contribution in [0.1, 0.15) is 37.7 Å². The van der Waals surface area contributed by atoms with E-state index in [-0.39, 0.29) is 12.8 Å². The van der Waals surface area contributed by atoms with Crippen LogP contribution in [-0.4, -0.2) is 29.9 Å². The van der Waals surface area contributed by atoms with Gasteiger partial charge in [0, 0.05) is 18.0 Å². The van der Waals surface area contributed by atoms with Crippen molar-refractivity contribution in [2.45, 2.75) is 50.4 Å². The Labute approximate surface area is 142 Å². The summed E-state index contributed by atoms with van der Waals surface area (Å²) >= 11 is 0. The maximum Gasteiger partial charge on any atom is 0.393 e. The standard InChI is InChI=1S/C17H18F4N2O2/c18-11-5-3-4-10(8-11)14-9-15(25-23-14)16(24)22-13-7-2-1-6-12(13)17(19,20)21/h3-5,8,12-13,15H,1-2,6-7,9H2,(H,22,24)/t12-,13+,15+/m0/s1. The van der Waals surface area contributed by atoms with Gasteiger partial charge >= 0.3 is 6.18 Å². The predicted octanol–water partition coefficient (Wildman–Crippen LogP) is 3.56. The predicted molar refractivity (Wildman–Crippen MR) is 82.4 cm³/mol. The van der Waals surface area contributed by atoms with Crippen LogP contribution < -0.4 is 5.32 Å². The first-order valence-corrected chi connectivity index (χ1v) is 8.20. The van der Waals surface area contributed by atoms with Gasteiger partial charge in [0.2, 0.25) is 6.10 Å². The van der Waals surface area contributed by atoms with Gasteiger partial charge in [-0.1, -0.05) is 30.1 Å². The van der Waals surface area contributed by atoms with Gasteiger partial charge in [0.25, 0.3) is 5.91 Å². The molecule has 4 nitrogen and oxygen atoms in total. The second kappa shape index (κ2) is 7.01. The Morgan fingerprint density at radius 2 is 2.00 bits per heavy atom. The lowest BCUT2D eigenvalue weighted by molar-refractivity contribution is -0.189. The lowest BCUT2D eigenvalue weighted by Crippen LogP contribution is -2.50. The summed E-state index contributed by atoms with van der Waals surface area (Å²) in [5, 5.41) is 6.25. The largest absolute Gasteiger partial charge is 0.393 e. The highest BCUT2D eigenvalue weighted by molar-refractivity contribution is 6.04. The lowest BCUT2D eigenvalue weighted by Gasteiger charge is -2.33. The molecule has 1 aliphatic carbocycles. The maximum absolute atomic E-state index is 13.3. The highest BCUT2D eigenvalue weighted by Gasteiger charge is 2.46. The number of nitrogens with one attached hydrogen (secondary N) is 1. The molecule has 0 bridgehead atoms. The number of benzene rings is 1. The topological polar surface area (TPSA) is 50.7 Å². The summed E-state index contributed by atoms with van der Waals surface area (Å²) in [6.07, 6.45) is -3.77. The molecule has 0 radical (unpaired) electrons. The van der Waals surface area contributed by atoms with Crippen molar-refractivity contribution in [3.8, 4) is 0 Å². The Hall–Kier alpha value is -2.12. The zero-order chi connectivity index (χ0) is 18.0. The van der Waals surface area contributed by atoms with Crippen molar-refractivity contribution in [3.05, 3.63) is 35.6 Å². The van der Waals surface area contributed by atoms with Gasteiger partial charge in [-0.15, -0.1) is 0 Å². The molecule has 1 aromatic rings. The summed E-state index contributed by atoms with van der Waals surface area (Å²) in [7, 11) is 0. The molecule has 0 spiro atoms. The van der Waals surface area contributed by atoms with E-state index in [0.29, 0.717) is 30.5 Å². The highest BCUT2D eigenvalue weighted by Crippen LogP contribution is 2.37. The number of hydrogen-bond acceptors (Lipinski definition) is 3. The van der Waals surface area contributed by atoms with Crippen LogP contribution in [0.3, 0.4) is 0 Å². The minimum absolute atomic E-state index is 0.0189. The minimum Gasteiger partial charge on any atom is -0.382 e. The van der Waals surface area contributed by atoms with Crippen molar-refractivity contribution < 1.29 is 27.2 Å². The van der Waals surface area contributed by atoms with Crippen LogP contribution in [0.25, 0.3) is 0 Å². The van der Waals surface area contributed by atoms with Gasteiger partial charge in [-0.05, 0) is 25.0 Å². The van der Waals surface area contributed by atoms with E-state index in [2.05, 4.69) is 10.5 Å². The Morgan fingerprint density at radius 3 is 2.72 bits per heavy atom. The Bertz CT molecular complexity index is 675. The van der Waals surface area contributed by atoms with Gasteiger partial charge in [-0.2, -0.15) is 13.2 Å². The summed E-state index contributed by atoms with van der Waals surface area (Å²) in [5.41, 5.74) is 0.886. The number of alkyl halides is 3. The Kier molecular flexibility index (Phi) is 4.96. The van der Waals surface area contributed by atoms with E-state index in [1.165, 1.54) is 18.2 Å². The van der Waals surface area contributed by atoms with E-state index in [1.54, 1.807) is 6.07 Å². The zero-order valence-electron chi connectivity index (χ0n) is 13.4. The molecular formula is C17H18F4N2O2. The first kappa shape index (κ1) is 17.7. The second-order valence-corrected chi connectivity index (χ2v) is 6.39. The van der Waals surface area contributed by atoms with Gasteiger partial charge in [0.15, 0.2) is 0 Å². The molecular weight excluding hydrogens is 340 g/mol. The fourth-order valence-electron chi connectivity index (χ4n) is 3.33. The number of hydrogen-bond donors (Lipinski definition) is 1. The summed E-state index contributed by atoms with van der Waals surface area (Å²) in [4.78, 5) is 17.3. The Morgan fingerprint density at radius 1 is 1.24 bits per heavy atom. The molecule has 0 saturated heterocycles. The number of nitrogens with zero attached hydrogens (tertiary/aromatic N) is 1. The third-order valence-corrected chi connectivity index (χ3v) is 4.63. The first-order chi connectivity index (χ1) is 11.8. The van der Waals surface area contributed by atoms with E-state index >= 15 is 0 Å². The lowest BCUT2D eigenvalue weighted by atomic mass is 9.84. The molecule has 1 fully saturated rings. The van der Waals surface area contributed by atoms with Gasteiger partial charge < -0.3 is 10.2 Å². The van der Waals surface area contributed by atoms with E-state index in [1.807, 2.05) is 0 Å². The molecule has 1 aliphatic heterocycles. The van der Waals surface area contributed by atoms with Crippen LogP contribution in [-0.2, 0) is 9.63 Å². The Balaban J connectivity index is 1.61. The average Bonchev–Trinajstić information content (AvgIpc) is 3.04. The minimum atomic E-state index is -4.34. The molecule has 0 aromatic heterocycles. The number of oxime groups is 1. The molecule has 0 unspecified atom stereocenters. The number of carbonyl (C=O) groups excluding carboxylic acids is 1. The smallest absolute Gasteiger partial charge is 0.382 e. The number of rotatable bonds is 3. The molecule has 3 rings (SSSR count). The molecule has 136 valence electrons. The van der Waals surface area contributed by atoms with Crippen LogP contribution in [0.5, 0.6) is 0 Å². The average molecular weight is 358 g/mol. The normalized spacial score (nSPS) is 26.7. The number of amides is 1. The van der Waals surface area contributed by atoms with Crippen LogP contribution in [0.15, 0.2) is 29.4 Å². The van der Waals surface area contributed by atoms with E-state index in [0.717, 1.165) is 0 Å². The highest BCUT2D eigenvalue weighted by atomic mass is 19.4. The van der Waals surface area contributed by atoms with E-state index in [4.69, 9.17) is 4.84 Å². The van der Waals surface area contributed by atoms with Crippen molar-refractivity contribution in [2.75, 3.05) is 0 Å². The third kappa shape index (κ3) is 4.11. The molecule has 8 heteroatoms. The molecule has 1 aromatic carbocycles.